The summed E-state index contributed by atoms with van der Waals surface area (Å²) >= 11 is 0. The first-order valence-electron chi connectivity index (χ1n) is 4.67. The first kappa shape index (κ1) is 9.01. The van der Waals surface area contributed by atoms with E-state index in [0.29, 0.717) is 0 Å². The molecule has 3 N–H and O–H groups in total. The van der Waals surface area contributed by atoms with Crippen molar-refractivity contribution in [1.29, 1.82) is 0 Å². The van der Waals surface area contributed by atoms with Gasteiger partial charge in [-0.05, 0) is 24.7 Å². The van der Waals surface area contributed by atoms with Crippen molar-refractivity contribution in [1.82, 2.24) is 5.32 Å². The molecule has 11 heavy (non-hydrogen) atoms. The summed E-state index contributed by atoms with van der Waals surface area (Å²) in [4.78, 5) is 0. The van der Waals surface area contributed by atoms with E-state index in [1.165, 1.54) is 12.8 Å². The standard InChI is InChI=1S/C9H20N2/c1-7(2)8-5-9(6-8)11-4-3-10/h7-9,11H,3-6,10H2,1-2H3. The van der Waals surface area contributed by atoms with Gasteiger partial charge in [0.15, 0.2) is 0 Å². The van der Waals surface area contributed by atoms with Gasteiger partial charge in [0.25, 0.3) is 0 Å². The highest BCUT2D eigenvalue weighted by molar-refractivity contribution is 4.86. The van der Waals surface area contributed by atoms with E-state index in [2.05, 4.69) is 19.2 Å². The number of nitrogens with two attached hydrogens (primary N) is 1. The minimum Gasteiger partial charge on any atom is -0.329 e. The fourth-order valence-electron chi connectivity index (χ4n) is 1.66. The third-order valence-corrected chi connectivity index (χ3v) is 2.69. The predicted octanol–water partition coefficient (Wildman–Crippen LogP) is 0.969. The summed E-state index contributed by atoms with van der Waals surface area (Å²) in [6, 6.07) is 0.769. The van der Waals surface area contributed by atoms with Crippen molar-refractivity contribution >= 4 is 0 Å². The fraction of sp³-hybridized carbons (Fsp3) is 1.00. The van der Waals surface area contributed by atoms with Gasteiger partial charge in [0.2, 0.25) is 0 Å². The molecule has 1 fully saturated rings. The minimum absolute atomic E-state index is 0.767. The highest BCUT2D eigenvalue weighted by Crippen LogP contribution is 2.33. The molecule has 0 atom stereocenters. The highest BCUT2D eigenvalue weighted by atomic mass is 14.9. The Bertz CT molecular complexity index is 106. The van der Waals surface area contributed by atoms with Gasteiger partial charge in [-0.1, -0.05) is 13.8 Å². The van der Waals surface area contributed by atoms with Crippen LogP contribution in [0.3, 0.4) is 0 Å². The SMILES string of the molecule is CC(C)C1CC(NCCN)C1. The van der Waals surface area contributed by atoms with Crippen molar-refractivity contribution in [2.24, 2.45) is 17.6 Å². The Morgan fingerprint density at radius 3 is 2.55 bits per heavy atom. The average Bonchev–Trinajstić information content (AvgIpc) is 1.84. The zero-order valence-corrected chi connectivity index (χ0v) is 7.64. The van der Waals surface area contributed by atoms with Crippen LogP contribution in [0.1, 0.15) is 26.7 Å². The second-order valence-corrected chi connectivity index (χ2v) is 3.92. The van der Waals surface area contributed by atoms with Gasteiger partial charge in [-0.3, -0.25) is 0 Å². The Labute approximate surface area is 69.5 Å². The van der Waals surface area contributed by atoms with Gasteiger partial charge in [0, 0.05) is 19.1 Å². The van der Waals surface area contributed by atoms with Gasteiger partial charge >= 0.3 is 0 Å². The van der Waals surface area contributed by atoms with Crippen molar-refractivity contribution in [3.05, 3.63) is 0 Å². The molecular formula is C9H20N2. The van der Waals surface area contributed by atoms with Crippen LogP contribution in [0.5, 0.6) is 0 Å². The molecule has 2 nitrogen and oxygen atoms in total. The molecule has 0 heterocycles. The molecule has 0 spiro atoms. The zero-order valence-electron chi connectivity index (χ0n) is 7.64. The molecule has 1 saturated carbocycles. The summed E-state index contributed by atoms with van der Waals surface area (Å²) in [5, 5.41) is 3.43. The molecule has 1 aliphatic rings. The average molecular weight is 156 g/mol. The molecule has 0 aliphatic heterocycles. The van der Waals surface area contributed by atoms with Crippen LogP contribution in [0.4, 0.5) is 0 Å². The summed E-state index contributed by atoms with van der Waals surface area (Å²) < 4.78 is 0. The largest absolute Gasteiger partial charge is 0.329 e. The molecule has 0 unspecified atom stereocenters. The Hall–Kier alpha value is -0.0800. The number of hydrogen-bond donors (Lipinski definition) is 2. The molecule has 0 bridgehead atoms. The van der Waals surface area contributed by atoms with Crippen molar-refractivity contribution in [3.63, 3.8) is 0 Å². The Kier molecular flexibility index (Phi) is 3.34. The summed E-state index contributed by atoms with van der Waals surface area (Å²) in [5.74, 6) is 1.83. The van der Waals surface area contributed by atoms with E-state index in [9.17, 15) is 0 Å². The lowest BCUT2D eigenvalue weighted by Gasteiger charge is -2.38. The first-order valence-corrected chi connectivity index (χ1v) is 4.67. The van der Waals surface area contributed by atoms with E-state index < -0.39 is 0 Å². The summed E-state index contributed by atoms with van der Waals surface area (Å²) in [6.07, 6.45) is 2.72. The van der Waals surface area contributed by atoms with E-state index >= 15 is 0 Å². The molecule has 0 amide bonds. The third kappa shape index (κ3) is 2.46. The topological polar surface area (TPSA) is 38.0 Å². The van der Waals surface area contributed by atoms with Crippen LogP contribution in [0.25, 0.3) is 0 Å². The van der Waals surface area contributed by atoms with E-state index in [1.807, 2.05) is 0 Å². The molecular weight excluding hydrogens is 136 g/mol. The summed E-state index contributed by atoms with van der Waals surface area (Å²) in [6.45, 7) is 6.37. The van der Waals surface area contributed by atoms with Crippen LogP contribution in [-0.2, 0) is 0 Å². The van der Waals surface area contributed by atoms with Crippen molar-refractivity contribution in [2.45, 2.75) is 32.7 Å². The van der Waals surface area contributed by atoms with E-state index in [4.69, 9.17) is 5.73 Å². The molecule has 66 valence electrons. The molecule has 0 saturated heterocycles. The van der Waals surface area contributed by atoms with Crippen LogP contribution >= 0.6 is 0 Å². The Morgan fingerprint density at radius 1 is 1.45 bits per heavy atom. The number of nitrogens with one attached hydrogen (secondary N) is 1. The maximum absolute atomic E-state index is 5.39. The minimum atomic E-state index is 0.767. The molecule has 0 aromatic heterocycles. The van der Waals surface area contributed by atoms with E-state index in [-0.39, 0.29) is 0 Å². The van der Waals surface area contributed by atoms with Crippen LogP contribution in [0.2, 0.25) is 0 Å². The van der Waals surface area contributed by atoms with E-state index in [1.54, 1.807) is 0 Å². The maximum atomic E-state index is 5.39. The van der Waals surface area contributed by atoms with Crippen LogP contribution < -0.4 is 11.1 Å². The molecule has 1 rings (SSSR count). The van der Waals surface area contributed by atoms with Crippen LogP contribution in [0, 0.1) is 11.8 Å². The predicted molar refractivity (Wildman–Crippen MR) is 48.4 cm³/mol. The maximum Gasteiger partial charge on any atom is 0.00770 e. The van der Waals surface area contributed by atoms with Gasteiger partial charge in [-0.2, -0.15) is 0 Å². The number of rotatable bonds is 4. The normalized spacial score (nSPS) is 30.5. The third-order valence-electron chi connectivity index (χ3n) is 2.69. The van der Waals surface area contributed by atoms with Crippen molar-refractivity contribution in [3.8, 4) is 0 Å². The van der Waals surface area contributed by atoms with Gasteiger partial charge in [0.1, 0.15) is 0 Å². The monoisotopic (exact) mass is 156 g/mol. The second kappa shape index (κ2) is 4.07. The van der Waals surface area contributed by atoms with Gasteiger partial charge < -0.3 is 11.1 Å². The van der Waals surface area contributed by atoms with Crippen molar-refractivity contribution in [2.75, 3.05) is 13.1 Å². The molecule has 0 radical (unpaired) electrons. The fourth-order valence-corrected chi connectivity index (χ4v) is 1.66. The Balaban J connectivity index is 2.00. The smallest absolute Gasteiger partial charge is 0.00770 e. The lowest BCUT2D eigenvalue weighted by atomic mass is 9.74. The van der Waals surface area contributed by atoms with Crippen LogP contribution in [-0.4, -0.2) is 19.1 Å². The summed E-state index contributed by atoms with van der Waals surface area (Å²) in [7, 11) is 0. The Morgan fingerprint density at radius 2 is 2.09 bits per heavy atom. The van der Waals surface area contributed by atoms with Gasteiger partial charge in [-0.15, -0.1) is 0 Å². The zero-order chi connectivity index (χ0) is 8.27. The molecule has 0 aromatic carbocycles. The van der Waals surface area contributed by atoms with Crippen LogP contribution in [0.15, 0.2) is 0 Å². The second-order valence-electron chi connectivity index (χ2n) is 3.92. The lowest BCUT2D eigenvalue weighted by molar-refractivity contribution is 0.170. The molecule has 2 heteroatoms. The lowest BCUT2D eigenvalue weighted by Crippen LogP contribution is -2.44. The highest BCUT2D eigenvalue weighted by Gasteiger charge is 2.30. The number of hydrogen-bond acceptors (Lipinski definition) is 2. The van der Waals surface area contributed by atoms with Gasteiger partial charge in [0.05, 0.1) is 0 Å². The van der Waals surface area contributed by atoms with E-state index in [0.717, 1.165) is 31.0 Å². The molecule has 0 aromatic rings. The summed E-state index contributed by atoms with van der Waals surface area (Å²) in [5.41, 5.74) is 5.39. The molecule has 1 aliphatic carbocycles. The first-order chi connectivity index (χ1) is 5.24. The van der Waals surface area contributed by atoms with Gasteiger partial charge in [-0.25, -0.2) is 0 Å². The van der Waals surface area contributed by atoms with Crippen molar-refractivity contribution < 1.29 is 0 Å². The quantitative estimate of drug-likeness (QED) is 0.636.